The van der Waals surface area contributed by atoms with Crippen LogP contribution in [0, 0.1) is 0 Å². The van der Waals surface area contributed by atoms with Gasteiger partial charge in [0.05, 0.1) is 6.61 Å². The van der Waals surface area contributed by atoms with Gasteiger partial charge in [-0.25, -0.2) is 0 Å². The third kappa shape index (κ3) is 5.34. The molecule has 2 atom stereocenters. The van der Waals surface area contributed by atoms with Crippen LogP contribution in [0.15, 0.2) is 30.3 Å². The lowest BCUT2D eigenvalue weighted by atomic mass is 10.3. The molecular formula is C12H18NO4P. The van der Waals surface area contributed by atoms with Crippen LogP contribution in [0.1, 0.15) is 13.8 Å². The number of ether oxygens (including phenoxy) is 2. The Morgan fingerprint density at radius 2 is 2.06 bits per heavy atom. The van der Waals surface area contributed by atoms with Crippen molar-refractivity contribution >= 4 is 13.9 Å². The van der Waals surface area contributed by atoms with E-state index in [0.717, 1.165) is 0 Å². The van der Waals surface area contributed by atoms with Crippen LogP contribution in [0.2, 0.25) is 0 Å². The van der Waals surface area contributed by atoms with Crippen LogP contribution in [0.5, 0.6) is 5.75 Å². The van der Waals surface area contributed by atoms with E-state index in [0.29, 0.717) is 12.4 Å². The van der Waals surface area contributed by atoms with E-state index < -0.39 is 20.0 Å². The third-order valence-corrected chi connectivity index (χ3v) is 3.29. The van der Waals surface area contributed by atoms with Gasteiger partial charge in [-0.1, -0.05) is 18.2 Å². The van der Waals surface area contributed by atoms with Crippen molar-refractivity contribution in [2.24, 2.45) is 0 Å². The molecule has 0 saturated heterocycles. The third-order valence-electron chi connectivity index (χ3n) is 2.13. The molecule has 0 heterocycles. The number of hydrogen-bond acceptors (Lipinski definition) is 4. The fraction of sp³-hybridized carbons (Fsp3) is 0.417. The summed E-state index contributed by atoms with van der Waals surface area (Å²) in [5.41, 5.74) is 0. The fourth-order valence-electron chi connectivity index (χ4n) is 1.27. The van der Waals surface area contributed by atoms with E-state index in [-0.39, 0.29) is 6.35 Å². The molecule has 0 saturated carbocycles. The molecule has 0 radical (unpaired) electrons. The van der Waals surface area contributed by atoms with Crippen molar-refractivity contribution in [2.45, 2.75) is 19.9 Å². The van der Waals surface area contributed by atoms with E-state index >= 15 is 0 Å². The quantitative estimate of drug-likeness (QED) is 0.607. The van der Waals surface area contributed by atoms with E-state index in [9.17, 15) is 9.36 Å². The molecule has 0 aromatic heterocycles. The first-order chi connectivity index (χ1) is 8.63. The van der Waals surface area contributed by atoms with Gasteiger partial charge in [-0.2, -0.15) is 0 Å². The zero-order valence-electron chi connectivity index (χ0n) is 10.5. The molecule has 0 aliphatic heterocycles. The lowest BCUT2D eigenvalue weighted by Crippen LogP contribution is -2.31. The van der Waals surface area contributed by atoms with E-state index in [1.54, 1.807) is 26.0 Å². The maximum Gasteiger partial charge on any atom is 0.323 e. The first kappa shape index (κ1) is 14.7. The van der Waals surface area contributed by atoms with Crippen LogP contribution in [-0.4, -0.2) is 25.0 Å². The molecule has 1 aromatic rings. The summed E-state index contributed by atoms with van der Waals surface area (Å²) in [5, 5.41) is 2.68. The molecule has 6 heteroatoms. The zero-order valence-corrected chi connectivity index (χ0v) is 11.5. The predicted octanol–water partition coefficient (Wildman–Crippen LogP) is 2.04. The molecule has 1 rings (SSSR count). The second-order valence-electron chi connectivity index (χ2n) is 3.64. The molecule has 0 spiro atoms. The number of para-hydroxylation sites is 1. The van der Waals surface area contributed by atoms with Crippen molar-refractivity contribution in [2.75, 3.05) is 13.0 Å². The molecule has 0 aliphatic carbocycles. The monoisotopic (exact) mass is 271 g/mol. The topological polar surface area (TPSA) is 64.6 Å². The van der Waals surface area contributed by atoms with Crippen molar-refractivity contribution in [3.8, 4) is 5.75 Å². The molecule has 5 nitrogen and oxygen atoms in total. The fourth-order valence-corrected chi connectivity index (χ4v) is 2.26. The number of nitrogens with one attached hydrogen (secondary N) is 1. The van der Waals surface area contributed by atoms with Gasteiger partial charge in [0.15, 0.2) is 14.3 Å². The standard InChI is InChI=1S/C12H18NO4P/c1-3-16-12(14)10(2)13-18(15)9-17-11-7-5-4-6-8-11/h4-8,10,18H,3,9H2,1-2H3,(H,13,15). The van der Waals surface area contributed by atoms with Crippen molar-refractivity contribution in [1.82, 2.24) is 5.09 Å². The minimum atomic E-state index is -2.17. The lowest BCUT2D eigenvalue weighted by molar-refractivity contribution is -0.144. The molecule has 0 amide bonds. The first-order valence-electron chi connectivity index (χ1n) is 5.77. The number of benzene rings is 1. The molecule has 0 aliphatic rings. The van der Waals surface area contributed by atoms with E-state index in [2.05, 4.69) is 5.09 Å². The number of rotatable bonds is 7. The van der Waals surface area contributed by atoms with Crippen LogP contribution in [0.3, 0.4) is 0 Å². The maximum absolute atomic E-state index is 11.7. The van der Waals surface area contributed by atoms with Gasteiger partial charge in [0.1, 0.15) is 11.8 Å². The highest BCUT2D eigenvalue weighted by molar-refractivity contribution is 7.42. The Kier molecular flexibility index (Phi) is 6.47. The van der Waals surface area contributed by atoms with Crippen LogP contribution in [0.4, 0.5) is 0 Å². The number of carbonyl (C=O) groups is 1. The molecule has 2 unspecified atom stereocenters. The van der Waals surface area contributed by atoms with E-state index in [1.807, 2.05) is 18.2 Å². The Morgan fingerprint density at radius 3 is 2.67 bits per heavy atom. The summed E-state index contributed by atoms with van der Waals surface area (Å²) in [6, 6.07) is 8.52. The van der Waals surface area contributed by atoms with Gasteiger partial charge in [-0.15, -0.1) is 0 Å². The molecule has 100 valence electrons. The second kappa shape index (κ2) is 7.90. The van der Waals surface area contributed by atoms with Gasteiger partial charge in [-0.3, -0.25) is 9.88 Å². The molecule has 0 fully saturated rings. The van der Waals surface area contributed by atoms with Crippen LogP contribution >= 0.6 is 7.95 Å². The SMILES string of the molecule is CCOC(=O)C(C)N[PH](=O)COc1ccccc1. The zero-order chi connectivity index (χ0) is 13.4. The number of carbonyl (C=O) groups excluding carboxylic acids is 1. The van der Waals surface area contributed by atoms with E-state index in [1.165, 1.54) is 0 Å². The molecule has 1 aromatic carbocycles. The Hall–Kier alpha value is -1.32. The highest BCUT2D eigenvalue weighted by Crippen LogP contribution is 2.19. The summed E-state index contributed by atoms with van der Waals surface area (Å²) < 4.78 is 21.8. The Labute approximate surface area is 107 Å². The smallest absolute Gasteiger partial charge is 0.323 e. The Bertz CT molecular complexity index is 396. The highest BCUT2D eigenvalue weighted by Gasteiger charge is 2.15. The van der Waals surface area contributed by atoms with Gasteiger partial charge in [0.25, 0.3) is 0 Å². The summed E-state index contributed by atoms with van der Waals surface area (Å²) in [4.78, 5) is 11.3. The summed E-state index contributed by atoms with van der Waals surface area (Å²) in [7, 11) is -2.17. The van der Waals surface area contributed by atoms with Gasteiger partial charge in [-0.05, 0) is 26.0 Å². The van der Waals surface area contributed by atoms with Gasteiger partial charge >= 0.3 is 5.97 Å². The maximum atomic E-state index is 11.7. The molecule has 1 N–H and O–H groups in total. The Balaban J connectivity index is 2.31. The largest absolute Gasteiger partial charge is 0.485 e. The van der Waals surface area contributed by atoms with Gasteiger partial charge in [0, 0.05) is 0 Å². The van der Waals surface area contributed by atoms with Crippen molar-refractivity contribution in [3.63, 3.8) is 0 Å². The minimum Gasteiger partial charge on any atom is -0.485 e. The van der Waals surface area contributed by atoms with Gasteiger partial charge < -0.3 is 14.0 Å². The summed E-state index contributed by atoms with van der Waals surface area (Å²) in [5.74, 6) is 0.247. The van der Waals surface area contributed by atoms with E-state index in [4.69, 9.17) is 9.47 Å². The second-order valence-corrected chi connectivity index (χ2v) is 5.07. The minimum absolute atomic E-state index is 0.0540. The first-order valence-corrected chi connectivity index (χ1v) is 7.39. The summed E-state index contributed by atoms with van der Waals surface area (Å²) >= 11 is 0. The molecule has 0 bridgehead atoms. The number of esters is 1. The van der Waals surface area contributed by atoms with Crippen molar-refractivity contribution in [3.05, 3.63) is 30.3 Å². The summed E-state index contributed by atoms with van der Waals surface area (Å²) in [6.45, 7) is 3.65. The highest BCUT2D eigenvalue weighted by atomic mass is 31.1. The van der Waals surface area contributed by atoms with Crippen LogP contribution in [0.25, 0.3) is 0 Å². The van der Waals surface area contributed by atoms with Crippen LogP contribution < -0.4 is 9.82 Å². The lowest BCUT2D eigenvalue weighted by Gasteiger charge is -2.12. The van der Waals surface area contributed by atoms with Gasteiger partial charge in [0.2, 0.25) is 0 Å². The molecule has 18 heavy (non-hydrogen) atoms. The normalized spacial score (nSPS) is 13.7. The van der Waals surface area contributed by atoms with Crippen molar-refractivity contribution in [1.29, 1.82) is 0 Å². The average Bonchev–Trinajstić information content (AvgIpc) is 2.38. The molecular weight excluding hydrogens is 253 g/mol. The Morgan fingerprint density at radius 1 is 1.39 bits per heavy atom. The summed E-state index contributed by atoms with van der Waals surface area (Å²) in [6.07, 6.45) is 0.0540. The van der Waals surface area contributed by atoms with Crippen molar-refractivity contribution < 1.29 is 18.8 Å². The number of hydrogen-bond donors (Lipinski definition) is 1. The average molecular weight is 271 g/mol. The predicted molar refractivity (Wildman–Crippen MR) is 70.2 cm³/mol. The van der Waals surface area contributed by atoms with Crippen LogP contribution in [-0.2, 0) is 14.1 Å².